The van der Waals surface area contributed by atoms with Crippen LogP contribution in [0.25, 0.3) is 0 Å². The van der Waals surface area contributed by atoms with Crippen molar-refractivity contribution in [3.63, 3.8) is 0 Å². The zero-order valence-corrected chi connectivity index (χ0v) is 24.6. The Balaban J connectivity index is 1.35. The minimum atomic E-state index is -0.626. The first-order valence-electron chi connectivity index (χ1n) is 16.0. The number of unbranched alkanes of at least 4 members (excludes halogenated alkanes) is 5. The molecule has 0 amide bonds. The zero-order valence-electron chi connectivity index (χ0n) is 24.6. The van der Waals surface area contributed by atoms with Crippen LogP contribution in [0.3, 0.4) is 0 Å². The lowest BCUT2D eigenvalue weighted by Gasteiger charge is -2.44. The summed E-state index contributed by atoms with van der Waals surface area (Å²) in [4.78, 5) is 0. The predicted molar refractivity (Wildman–Crippen MR) is 159 cm³/mol. The van der Waals surface area contributed by atoms with Crippen LogP contribution in [0, 0.1) is 28.6 Å². The van der Waals surface area contributed by atoms with Crippen LogP contribution in [0.15, 0.2) is 47.6 Å². The van der Waals surface area contributed by atoms with Crippen LogP contribution in [0.5, 0.6) is 0 Å². The Morgan fingerprint density at radius 1 is 1.00 bits per heavy atom. The van der Waals surface area contributed by atoms with E-state index >= 15 is 0 Å². The Kier molecular flexibility index (Phi) is 10.2. The molecular formula is C35H56O3. The number of rotatable bonds is 12. The third kappa shape index (κ3) is 6.76. The summed E-state index contributed by atoms with van der Waals surface area (Å²) in [5.74, 6) is 1.73. The molecule has 4 aliphatic rings. The highest BCUT2D eigenvalue weighted by Crippen LogP contribution is 2.60. The third-order valence-electron chi connectivity index (χ3n) is 11.1. The van der Waals surface area contributed by atoms with Crippen LogP contribution in [-0.2, 0) is 0 Å². The molecule has 3 heteroatoms. The fourth-order valence-corrected chi connectivity index (χ4v) is 8.34. The molecule has 0 aromatic rings. The van der Waals surface area contributed by atoms with Crippen molar-refractivity contribution in [1.82, 2.24) is 0 Å². The largest absolute Gasteiger partial charge is 0.393 e. The molecule has 0 unspecified atom stereocenters. The summed E-state index contributed by atoms with van der Waals surface area (Å²) in [6.07, 6.45) is 26.2. The molecule has 0 spiro atoms. The van der Waals surface area contributed by atoms with E-state index in [-0.39, 0.29) is 11.5 Å². The minimum Gasteiger partial charge on any atom is -0.393 e. The van der Waals surface area contributed by atoms with Crippen LogP contribution in [0.4, 0.5) is 0 Å². The summed E-state index contributed by atoms with van der Waals surface area (Å²) in [6, 6.07) is 0. The highest BCUT2D eigenvalue weighted by atomic mass is 16.3. The molecule has 3 nitrogen and oxygen atoms in total. The van der Waals surface area contributed by atoms with Gasteiger partial charge in [0.1, 0.15) is 0 Å². The fourth-order valence-electron chi connectivity index (χ4n) is 8.34. The molecule has 4 rings (SSSR count). The number of allylic oxidation sites excluding steroid dienone is 4. The molecule has 214 valence electrons. The van der Waals surface area contributed by atoms with E-state index in [0.29, 0.717) is 36.0 Å². The summed E-state index contributed by atoms with van der Waals surface area (Å²) in [6.45, 7) is 11.3. The van der Waals surface area contributed by atoms with E-state index in [1.807, 2.05) is 0 Å². The van der Waals surface area contributed by atoms with E-state index in [0.717, 1.165) is 17.6 Å². The molecule has 0 saturated heterocycles. The van der Waals surface area contributed by atoms with Crippen LogP contribution >= 0.6 is 0 Å². The topological polar surface area (TPSA) is 60.7 Å². The second-order valence-corrected chi connectivity index (χ2v) is 13.7. The highest BCUT2D eigenvalue weighted by Gasteiger charge is 2.51. The van der Waals surface area contributed by atoms with Gasteiger partial charge in [-0.05, 0) is 97.5 Å². The van der Waals surface area contributed by atoms with Gasteiger partial charge in [0.2, 0.25) is 0 Å². The fraction of sp³-hybridized carbons (Fsp3) is 0.771. The number of fused-ring (bicyclic) bond motifs is 1. The molecule has 4 fully saturated rings. The Morgan fingerprint density at radius 3 is 2.47 bits per heavy atom. The quantitative estimate of drug-likeness (QED) is 0.178. The maximum absolute atomic E-state index is 11.1. The average Bonchev–Trinajstić information content (AvgIpc) is 3.59. The molecule has 0 radical (unpaired) electrons. The monoisotopic (exact) mass is 524 g/mol. The van der Waals surface area contributed by atoms with Gasteiger partial charge in [-0.1, -0.05) is 95.8 Å². The van der Waals surface area contributed by atoms with Gasteiger partial charge in [0, 0.05) is 6.42 Å². The van der Waals surface area contributed by atoms with Gasteiger partial charge in [-0.3, -0.25) is 0 Å². The molecule has 0 aromatic heterocycles. The minimum absolute atomic E-state index is 0.168. The number of hydrogen-bond acceptors (Lipinski definition) is 3. The van der Waals surface area contributed by atoms with Gasteiger partial charge in [-0.2, -0.15) is 0 Å². The van der Waals surface area contributed by atoms with Gasteiger partial charge in [0.15, 0.2) is 0 Å². The Morgan fingerprint density at radius 2 is 1.74 bits per heavy atom. The Bertz CT molecular complexity index is 893. The molecule has 0 aliphatic heterocycles. The van der Waals surface area contributed by atoms with Gasteiger partial charge >= 0.3 is 0 Å². The number of hydrogen-bond donors (Lipinski definition) is 3. The smallest absolute Gasteiger partial charge is 0.0811 e. The molecule has 3 N–H and O–H groups in total. The van der Waals surface area contributed by atoms with Crippen molar-refractivity contribution in [2.45, 2.75) is 142 Å². The van der Waals surface area contributed by atoms with Crippen molar-refractivity contribution in [2.24, 2.45) is 28.6 Å². The van der Waals surface area contributed by atoms with Crippen molar-refractivity contribution >= 4 is 0 Å². The molecule has 0 bridgehead atoms. The highest BCUT2D eigenvalue weighted by molar-refractivity contribution is 5.38. The average molecular weight is 525 g/mol. The van der Waals surface area contributed by atoms with Crippen molar-refractivity contribution in [3.8, 4) is 0 Å². The van der Waals surface area contributed by atoms with E-state index in [4.69, 9.17) is 0 Å². The van der Waals surface area contributed by atoms with Gasteiger partial charge < -0.3 is 15.3 Å². The standard InChI is InChI=1S/C35H56O3/c1-5-6-7-8-9-10-20-35(21-22-35)33(38)18-13-25(2)30-16-17-31-27(12-11-19-34(30,31)4)14-15-28-23-29(36)24-32(37)26(28)3/h13-15,18,25,29-33,36-38H,3,5-12,16-17,19-24H2,1-2,4H3/t25-,29-,30-,31+,32+,33-,34-/m1/s1. The molecule has 0 heterocycles. The van der Waals surface area contributed by atoms with Crippen molar-refractivity contribution < 1.29 is 15.3 Å². The third-order valence-corrected chi connectivity index (χ3v) is 11.1. The Labute approximate surface area is 233 Å². The SMILES string of the molecule is C=C1C(=CC=C2CCC[C@]3(C)[C@@H]([C@H](C)C=C[C@@H](O)C4(CCCCCCCC)CC4)CC[C@@H]23)C[C@@H](O)C[C@@H]1O. The number of aliphatic hydroxyl groups is 3. The van der Waals surface area contributed by atoms with Gasteiger partial charge in [-0.15, -0.1) is 0 Å². The summed E-state index contributed by atoms with van der Waals surface area (Å²) >= 11 is 0. The lowest BCUT2D eigenvalue weighted by atomic mass is 9.61. The second kappa shape index (κ2) is 13.0. The van der Waals surface area contributed by atoms with E-state index < -0.39 is 12.2 Å². The predicted octanol–water partition coefficient (Wildman–Crippen LogP) is 8.21. The normalized spacial score (nSPS) is 36.6. The van der Waals surface area contributed by atoms with Crippen molar-refractivity contribution in [2.75, 3.05) is 0 Å². The first-order chi connectivity index (χ1) is 18.2. The van der Waals surface area contributed by atoms with Crippen LogP contribution in [-0.4, -0.2) is 33.6 Å². The van der Waals surface area contributed by atoms with Crippen LogP contribution in [0.2, 0.25) is 0 Å². The van der Waals surface area contributed by atoms with Crippen molar-refractivity contribution in [1.29, 1.82) is 0 Å². The van der Waals surface area contributed by atoms with Gasteiger partial charge in [-0.25, -0.2) is 0 Å². The molecule has 7 atom stereocenters. The molecule has 4 saturated carbocycles. The van der Waals surface area contributed by atoms with Gasteiger partial charge in [0.25, 0.3) is 0 Å². The zero-order chi connectivity index (χ0) is 27.3. The van der Waals surface area contributed by atoms with E-state index in [9.17, 15) is 15.3 Å². The first-order valence-corrected chi connectivity index (χ1v) is 16.0. The van der Waals surface area contributed by atoms with E-state index in [2.05, 4.69) is 51.7 Å². The maximum atomic E-state index is 11.1. The maximum Gasteiger partial charge on any atom is 0.0811 e. The van der Waals surface area contributed by atoms with Gasteiger partial charge in [0.05, 0.1) is 18.3 Å². The summed E-state index contributed by atoms with van der Waals surface area (Å²) in [7, 11) is 0. The lowest BCUT2D eigenvalue weighted by Crippen LogP contribution is -2.35. The molecule has 4 aliphatic carbocycles. The van der Waals surface area contributed by atoms with E-state index in [1.54, 1.807) is 5.57 Å². The second-order valence-electron chi connectivity index (χ2n) is 13.7. The number of aliphatic hydroxyl groups excluding tert-OH is 3. The van der Waals surface area contributed by atoms with Crippen molar-refractivity contribution in [3.05, 3.63) is 47.6 Å². The summed E-state index contributed by atoms with van der Waals surface area (Å²) in [5.41, 5.74) is 3.79. The van der Waals surface area contributed by atoms with Crippen LogP contribution in [0.1, 0.15) is 124 Å². The lowest BCUT2D eigenvalue weighted by molar-refractivity contribution is 0.0862. The molecule has 0 aromatic carbocycles. The summed E-state index contributed by atoms with van der Waals surface area (Å²) in [5, 5.41) is 31.5. The van der Waals surface area contributed by atoms with E-state index in [1.165, 1.54) is 83.5 Å². The summed E-state index contributed by atoms with van der Waals surface area (Å²) < 4.78 is 0. The molecule has 38 heavy (non-hydrogen) atoms. The first kappa shape index (κ1) is 29.8. The Hall–Kier alpha value is -1.16. The molecular weight excluding hydrogens is 468 g/mol. The van der Waals surface area contributed by atoms with Crippen LogP contribution < -0.4 is 0 Å².